The number of rotatable bonds is 7. The van der Waals surface area contributed by atoms with Crippen LogP contribution in [0.3, 0.4) is 0 Å². The minimum atomic E-state index is 0.0559. The van der Waals surface area contributed by atoms with E-state index in [2.05, 4.69) is 21.4 Å². The van der Waals surface area contributed by atoms with Gasteiger partial charge in [-0.25, -0.2) is 4.98 Å². The highest BCUT2D eigenvalue weighted by Gasteiger charge is 2.33. The molecule has 0 N–H and O–H groups in total. The molecule has 0 radical (unpaired) electrons. The molecule has 1 fully saturated rings. The second kappa shape index (κ2) is 8.45. The normalized spacial score (nSPS) is 20.7. The molecular weight excluding hydrogens is 292 g/mol. The number of carbonyl (C=O) groups is 1. The lowest BCUT2D eigenvalue weighted by molar-refractivity contribution is -0.138. The van der Waals surface area contributed by atoms with Gasteiger partial charge in [-0.3, -0.25) is 9.69 Å². The number of amides is 1. The van der Waals surface area contributed by atoms with Gasteiger partial charge in [0.05, 0.1) is 6.04 Å². The largest absolute Gasteiger partial charge is 0.385 e. The lowest BCUT2D eigenvalue weighted by atomic mass is 10.0. The predicted molar refractivity (Wildman–Crippen MR) is 90.1 cm³/mol. The van der Waals surface area contributed by atoms with Gasteiger partial charge in [-0.1, -0.05) is 13.8 Å². The second-order valence-corrected chi connectivity index (χ2v) is 6.36. The summed E-state index contributed by atoms with van der Waals surface area (Å²) in [5.74, 6) is 1.35. The van der Waals surface area contributed by atoms with E-state index in [4.69, 9.17) is 4.74 Å². The zero-order valence-corrected chi connectivity index (χ0v) is 14.9. The van der Waals surface area contributed by atoms with E-state index in [1.807, 2.05) is 31.3 Å². The average Bonchev–Trinajstić information content (AvgIpc) is 2.99. The summed E-state index contributed by atoms with van der Waals surface area (Å²) in [5, 5.41) is 0. The Morgan fingerprint density at radius 2 is 2.26 bits per heavy atom. The van der Waals surface area contributed by atoms with Crippen molar-refractivity contribution in [1.82, 2.24) is 19.4 Å². The molecular formula is C17H30N4O2. The molecule has 130 valence electrons. The monoisotopic (exact) mass is 322 g/mol. The molecule has 2 atom stereocenters. The summed E-state index contributed by atoms with van der Waals surface area (Å²) in [4.78, 5) is 21.7. The SMILES string of the molecule is CCN1CCN(C(=O)[C@H](C)CCCOC)C[C@H]1c1nccn1C. The van der Waals surface area contributed by atoms with Crippen LogP contribution in [0, 0.1) is 5.92 Å². The van der Waals surface area contributed by atoms with Crippen LogP contribution in [0.25, 0.3) is 0 Å². The van der Waals surface area contributed by atoms with Crippen molar-refractivity contribution in [3.05, 3.63) is 18.2 Å². The highest BCUT2D eigenvalue weighted by Crippen LogP contribution is 2.25. The maximum absolute atomic E-state index is 12.7. The molecule has 1 aromatic rings. The van der Waals surface area contributed by atoms with Gasteiger partial charge in [0.1, 0.15) is 5.82 Å². The number of methoxy groups -OCH3 is 1. The molecule has 0 spiro atoms. The van der Waals surface area contributed by atoms with Crippen LogP contribution in [0.2, 0.25) is 0 Å². The third-order valence-electron chi connectivity index (χ3n) is 4.77. The number of piperazine rings is 1. The lowest BCUT2D eigenvalue weighted by Crippen LogP contribution is -2.52. The van der Waals surface area contributed by atoms with E-state index in [9.17, 15) is 4.79 Å². The summed E-state index contributed by atoms with van der Waals surface area (Å²) >= 11 is 0. The Bertz CT molecular complexity index is 503. The number of aromatic nitrogens is 2. The van der Waals surface area contributed by atoms with Crippen molar-refractivity contribution < 1.29 is 9.53 Å². The van der Waals surface area contributed by atoms with Crippen LogP contribution in [0.15, 0.2) is 12.4 Å². The first-order valence-corrected chi connectivity index (χ1v) is 8.57. The van der Waals surface area contributed by atoms with Gasteiger partial charge in [-0.2, -0.15) is 0 Å². The van der Waals surface area contributed by atoms with Gasteiger partial charge in [0.25, 0.3) is 0 Å². The maximum atomic E-state index is 12.7. The zero-order chi connectivity index (χ0) is 16.8. The number of carbonyl (C=O) groups excluding carboxylic acids is 1. The van der Waals surface area contributed by atoms with Gasteiger partial charge in [-0.05, 0) is 19.4 Å². The van der Waals surface area contributed by atoms with E-state index in [1.165, 1.54) is 0 Å². The van der Waals surface area contributed by atoms with Crippen molar-refractivity contribution in [3.8, 4) is 0 Å². The van der Waals surface area contributed by atoms with Crippen LogP contribution in [0.1, 0.15) is 38.6 Å². The fourth-order valence-corrected chi connectivity index (χ4v) is 3.31. The molecule has 0 saturated carbocycles. The summed E-state index contributed by atoms with van der Waals surface area (Å²) < 4.78 is 7.14. The first-order valence-electron chi connectivity index (χ1n) is 8.57. The van der Waals surface area contributed by atoms with Gasteiger partial charge in [0.15, 0.2) is 0 Å². The van der Waals surface area contributed by atoms with Crippen LogP contribution in [-0.2, 0) is 16.6 Å². The third kappa shape index (κ3) is 4.32. The molecule has 1 aliphatic heterocycles. The number of nitrogens with zero attached hydrogens (tertiary/aromatic N) is 4. The minimum absolute atomic E-state index is 0.0559. The topological polar surface area (TPSA) is 50.6 Å². The highest BCUT2D eigenvalue weighted by molar-refractivity contribution is 5.78. The third-order valence-corrected chi connectivity index (χ3v) is 4.77. The summed E-state index contributed by atoms with van der Waals surface area (Å²) in [6, 6.07) is 0.184. The number of hydrogen-bond donors (Lipinski definition) is 0. The highest BCUT2D eigenvalue weighted by atomic mass is 16.5. The molecule has 6 heteroatoms. The van der Waals surface area contributed by atoms with Gasteiger partial charge in [0.2, 0.25) is 5.91 Å². The van der Waals surface area contributed by atoms with Gasteiger partial charge >= 0.3 is 0 Å². The minimum Gasteiger partial charge on any atom is -0.385 e. The molecule has 2 rings (SSSR count). The average molecular weight is 322 g/mol. The van der Waals surface area contributed by atoms with Gasteiger partial charge in [0, 0.05) is 58.7 Å². The van der Waals surface area contributed by atoms with E-state index >= 15 is 0 Å². The molecule has 2 heterocycles. The van der Waals surface area contributed by atoms with E-state index < -0.39 is 0 Å². The Morgan fingerprint density at radius 3 is 2.87 bits per heavy atom. The van der Waals surface area contributed by atoms with Crippen LogP contribution in [0.5, 0.6) is 0 Å². The number of aryl methyl sites for hydroxylation is 1. The quantitative estimate of drug-likeness (QED) is 0.717. The number of likely N-dealkylation sites (N-methyl/N-ethyl adjacent to an activating group) is 1. The smallest absolute Gasteiger partial charge is 0.225 e. The van der Waals surface area contributed by atoms with Crippen LogP contribution < -0.4 is 0 Å². The molecule has 1 amide bonds. The van der Waals surface area contributed by atoms with Crippen LogP contribution in [0.4, 0.5) is 0 Å². The Balaban J connectivity index is 2.02. The molecule has 1 saturated heterocycles. The summed E-state index contributed by atoms with van der Waals surface area (Å²) in [6.45, 7) is 8.33. The summed E-state index contributed by atoms with van der Waals surface area (Å²) in [5.41, 5.74) is 0. The molecule has 23 heavy (non-hydrogen) atoms. The molecule has 0 unspecified atom stereocenters. The number of hydrogen-bond acceptors (Lipinski definition) is 4. The van der Waals surface area contributed by atoms with Crippen LogP contribution in [-0.4, -0.2) is 65.2 Å². The van der Waals surface area contributed by atoms with Crippen molar-refractivity contribution >= 4 is 5.91 Å². The van der Waals surface area contributed by atoms with E-state index in [1.54, 1.807) is 7.11 Å². The molecule has 1 aliphatic rings. The Morgan fingerprint density at radius 1 is 1.48 bits per heavy atom. The molecule has 0 aromatic carbocycles. The fourth-order valence-electron chi connectivity index (χ4n) is 3.31. The van der Waals surface area contributed by atoms with Crippen molar-refractivity contribution in [2.75, 3.05) is 39.9 Å². The van der Waals surface area contributed by atoms with Crippen molar-refractivity contribution in [2.45, 2.75) is 32.7 Å². The van der Waals surface area contributed by atoms with E-state index in [0.29, 0.717) is 0 Å². The fraction of sp³-hybridized carbons (Fsp3) is 0.765. The van der Waals surface area contributed by atoms with Gasteiger partial charge < -0.3 is 14.2 Å². The van der Waals surface area contributed by atoms with Crippen molar-refractivity contribution in [2.24, 2.45) is 13.0 Å². The van der Waals surface area contributed by atoms with Gasteiger partial charge in [-0.15, -0.1) is 0 Å². The zero-order valence-electron chi connectivity index (χ0n) is 14.9. The first kappa shape index (κ1) is 17.9. The molecule has 0 bridgehead atoms. The van der Waals surface area contributed by atoms with Crippen molar-refractivity contribution in [1.29, 1.82) is 0 Å². The lowest BCUT2D eigenvalue weighted by Gasteiger charge is -2.41. The summed E-state index contributed by atoms with van der Waals surface area (Å²) in [6.07, 6.45) is 5.61. The Kier molecular flexibility index (Phi) is 6.59. The first-order chi connectivity index (χ1) is 11.1. The van der Waals surface area contributed by atoms with E-state index in [0.717, 1.165) is 51.5 Å². The molecule has 0 aliphatic carbocycles. The molecule has 6 nitrogen and oxygen atoms in total. The number of ether oxygens (including phenoxy) is 1. The second-order valence-electron chi connectivity index (χ2n) is 6.36. The summed E-state index contributed by atoms with van der Waals surface area (Å²) in [7, 11) is 3.72. The maximum Gasteiger partial charge on any atom is 0.225 e. The van der Waals surface area contributed by atoms with E-state index in [-0.39, 0.29) is 17.9 Å². The van der Waals surface area contributed by atoms with Crippen molar-refractivity contribution in [3.63, 3.8) is 0 Å². The Hall–Kier alpha value is -1.40. The standard InChI is InChI=1S/C17H30N4O2/c1-5-20-10-11-21(17(22)14(2)7-6-12-23-4)13-15(20)16-18-8-9-19(16)3/h8-9,14-15H,5-7,10-13H2,1-4H3/t14-,15+/m1/s1. The Labute approximate surface area is 139 Å². The number of imidazole rings is 1. The molecule has 1 aromatic heterocycles. The predicted octanol–water partition coefficient (Wildman–Crippen LogP) is 1.69. The van der Waals surface area contributed by atoms with Crippen LogP contribution >= 0.6 is 0 Å².